The number of carboxylic acids is 1. The molecular weight excluding hydrogens is 248 g/mol. The van der Waals surface area contributed by atoms with Crippen LogP contribution in [-0.2, 0) is 9.53 Å². The number of rotatable bonds is 3. The summed E-state index contributed by atoms with van der Waals surface area (Å²) in [5.41, 5.74) is -0.540. The molecule has 0 aromatic carbocycles. The lowest BCUT2D eigenvalue weighted by Crippen LogP contribution is -2.38. The van der Waals surface area contributed by atoms with Crippen LogP contribution in [-0.4, -0.2) is 42.4 Å². The molecule has 3 N–H and O–H groups in total. The van der Waals surface area contributed by atoms with Crippen LogP contribution in [0, 0.1) is 11.8 Å². The van der Waals surface area contributed by atoms with Gasteiger partial charge in [0.05, 0.1) is 5.92 Å². The molecule has 0 radical (unpaired) electrons. The molecule has 1 fully saturated rings. The van der Waals surface area contributed by atoms with Crippen LogP contribution in [0.25, 0.3) is 0 Å². The fourth-order valence-corrected chi connectivity index (χ4v) is 2.20. The Hall–Kier alpha value is -1.30. The summed E-state index contributed by atoms with van der Waals surface area (Å²) >= 11 is 0. The van der Waals surface area contributed by atoms with Crippen molar-refractivity contribution in [2.75, 3.05) is 19.6 Å². The largest absolute Gasteiger partial charge is 0.481 e. The van der Waals surface area contributed by atoms with Crippen LogP contribution in [0.3, 0.4) is 0 Å². The topological polar surface area (TPSA) is 87.7 Å². The molecule has 1 heterocycles. The van der Waals surface area contributed by atoms with Crippen LogP contribution in [0.15, 0.2) is 0 Å². The molecule has 0 aliphatic carbocycles. The Labute approximate surface area is 113 Å². The molecule has 0 aromatic rings. The summed E-state index contributed by atoms with van der Waals surface area (Å²) in [6.45, 7) is 7.21. The highest BCUT2D eigenvalue weighted by Gasteiger charge is 2.30. The summed E-state index contributed by atoms with van der Waals surface area (Å²) in [5, 5.41) is 15.1. The molecule has 6 heteroatoms. The predicted molar refractivity (Wildman–Crippen MR) is 71.0 cm³/mol. The van der Waals surface area contributed by atoms with E-state index in [9.17, 15) is 14.7 Å². The van der Waals surface area contributed by atoms with Crippen molar-refractivity contribution in [3.8, 4) is 0 Å². The molecule has 1 aliphatic rings. The maximum Gasteiger partial charge on any atom is 0.407 e. The Morgan fingerprint density at radius 1 is 1.32 bits per heavy atom. The van der Waals surface area contributed by atoms with E-state index in [0.29, 0.717) is 19.5 Å². The lowest BCUT2D eigenvalue weighted by atomic mass is 9.88. The Morgan fingerprint density at radius 3 is 2.53 bits per heavy atom. The van der Waals surface area contributed by atoms with Crippen molar-refractivity contribution in [1.82, 2.24) is 10.6 Å². The number of hydrogen-bond donors (Lipinski definition) is 3. The SMILES string of the molecule is CC(C)(C)OC(=O)NC[C@@H]1CCNCC[C@@H]1C(=O)O. The first kappa shape index (κ1) is 15.8. The van der Waals surface area contributed by atoms with E-state index in [2.05, 4.69) is 10.6 Å². The van der Waals surface area contributed by atoms with E-state index in [1.54, 1.807) is 20.8 Å². The molecule has 110 valence electrons. The lowest BCUT2D eigenvalue weighted by molar-refractivity contribution is -0.143. The summed E-state index contributed by atoms with van der Waals surface area (Å²) in [7, 11) is 0. The summed E-state index contributed by atoms with van der Waals surface area (Å²) in [5.74, 6) is -1.26. The van der Waals surface area contributed by atoms with Crippen LogP contribution in [0.5, 0.6) is 0 Å². The second-order valence-corrected chi connectivity index (χ2v) is 5.91. The second kappa shape index (κ2) is 6.75. The van der Waals surface area contributed by atoms with Crippen LogP contribution in [0.4, 0.5) is 4.79 Å². The molecule has 0 aromatic heterocycles. The number of ether oxygens (including phenoxy) is 1. The van der Waals surface area contributed by atoms with E-state index in [4.69, 9.17) is 4.74 Å². The van der Waals surface area contributed by atoms with Crippen molar-refractivity contribution in [3.63, 3.8) is 0 Å². The maximum atomic E-state index is 11.6. The van der Waals surface area contributed by atoms with Gasteiger partial charge in [-0.15, -0.1) is 0 Å². The number of alkyl carbamates (subject to hydrolysis) is 1. The standard InChI is InChI=1S/C13H24N2O4/c1-13(2,3)19-12(18)15-8-9-4-6-14-7-5-10(9)11(16)17/h9-10,14H,4-8H2,1-3H3,(H,15,18)(H,16,17)/t9-,10-/m0/s1. The Morgan fingerprint density at radius 2 is 1.95 bits per heavy atom. The van der Waals surface area contributed by atoms with E-state index >= 15 is 0 Å². The third-order valence-corrected chi connectivity index (χ3v) is 3.12. The van der Waals surface area contributed by atoms with Crippen LogP contribution < -0.4 is 10.6 Å². The predicted octanol–water partition coefficient (Wildman–Crippen LogP) is 1.21. The Balaban J connectivity index is 2.48. The van der Waals surface area contributed by atoms with Gasteiger partial charge in [0.15, 0.2) is 0 Å². The van der Waals surface area contributed by atoms with Crippen molar-refractivity contribution in [3.05, 3.63) is 0 Å². The van der Waals surface area contributed by atoms with Gasteiger partial charge in [-0.1, -0.05) is 0 Å². The quantitative estimate of drug-likeness (QED) is 0.719. The smallest absolute Gasteiger partial charge is 0.407 e. The third kappa shape index (κ3) is 5.92. The molecule has 1 aliphatic heterocycles. The Bertz CT molecular complexity index is 325. The second-order valence-electron chi connectivity index (χ2n) is 5.91. The van der Waals surface area contributed by atoms with E-state index in [1.807, 2.05) is 0 Å². The van der Waals surface area contributed by atoms with Gasteiger partial charge in [0.2, 0.25) is 0 Å². The zero-order valence-electron chi connectivity index (χ0n) is 11.9. The minimum Gasteiger partial charge on any atom is -0.481 e. The van der Waals surface area contributed by atoms with Crippen molar-refractivity contribution in [1.29, 1.82) is 0 Å². The first-order valence-electron chi connectivity index (χ1n) is 6.70. The van der Waals surface area contributed by atoms with E-state index in [0.717, 1.165) is 13.0 Å². The molecule has 0 bridgehead atoms. The molecule has 1 rings (SSSR count). The summed E-state index contributed by atoms with van der Waals surface area (Å²) in [6, 6.07) is 0. The number of carbonyl (C=O) groups is 2. The average Bonchev–Trinajstić information content (AvgIpc) is 2.48. The molecule has 0 saturated carbocycles. The van der Waals surface area contributed by atoms with Gasteiger partial charge in [-0.2, -0.15) is 0 Å². The average molecular weight is 272 g/mol. The highest BCUT2D eigenvalue weighted by atomic mass is 16.6. The number of amides is 1. The van der Waals surface area contributed by atoms with E-state index in [-0.39, 0.29) is 5.92 Å². The highest BCUT2D eigenvalue weighted by Crippen LogP contribution is 2.21. The first-order chi connectivity index (χ1) is 8.79. The molecule has 0 unspecified atom stereocenters. The third-order valence-electron chi connectivity index (χ3n) is 3.12. The van der Waals surface area contributed by atoms with Gasteiger partial charge in [0.25, 0.3) is 0 Å². The number of aliphatic carboxylic acids is 1. The van der Waals surface area contributed by atoms with Crippen LogP contribution in [0.2, 0.25) is 0 Å². The minimum atomic E-state index is -0.792. The lowest BCUT2D eigenvalue weighted by Gasteiger charge is -2.23. The van der Waals surface area contributed by atoms with Gasteiger partial charge in [-0.3, -0.25) is 4.79 Å². The normalized spacial score (nSPS) is 24.4. The van der Waals surface area contributed by atoms with E-state index < -0.39 is 23.6 Å². The highest BCUT2D eigenvalue weighted by molar-refractivity contribution is 5.71. The molecule has 1 amide bonds. The molecular formula is C13H24N2O4. The van der Waals surface area contributed by atoms with Crippen molar-refractivity contribution >= 4 is 12.1 Å². The van der Waals surface area contributed by atoms with Crippen LogP contribution in [0.1, 0.15) is 33.6 Å². The number of nitrogens with one attached hydrogen (secondary N) is 2. The van der Waals surface area contributed by atoms with Gasteiger partial charge in [-0.05, 0) is 52.6 Å². The van der Waals surface area contributed by atoms with E-state index in [1.165, 1.54) is 0 Å². The zero-order chi connectivity index (χ0) is 14.5. The fourth-order valence-electron chi connectivity index (χ4n) is 2.20. The zero-order valence-corrected chi connectivity index (χ0v) is 11.9. The first-order valence-corrected chi connectivity index (χ1v) is 6.70. The number of carboxylic acid groups (broad SMARTS) is 1. The van der Waals surface area contributed by atoms with Gasteiger partial charge < -0.3 is 20.5 Å². The van der Waals surface area contributed by atoms with Gasteiger partial charge >= 0.3 is 12.1 Å². The van der Waals surface area contributed by atoms with Gasteiger partial charge in [0, 0.05) is 6.54 Å². The molecule has 2 atom stereocenters. The maximum absolute atomic E-state index is 11.6. The minimum absolute atomic E-state index is 0.0555. The van der Waals surface area contributed by atoms with Gasteiger partial charge in [0.1, 0.15) is 5.60 Å². The molecule has 1 saturated heterocycles. The summed E-state index contributed by atoms with van der Waals surface area (Å²) in [4.78, 5) is 22.8. The molecule has 19 heavy (non-hydrogen) atoms. The van der Waals surface area contributed by atoms with Gasteiger partial charge in [-0.25, -0.2) is 4.79 Å². The number of carbonyl (C=O) groups excluding carboxylic acids is 1. The monoisotopic (exact) mass is 272 g/mol. The van der Waals surface area contributed by atoms with Crippen molar-refractivity contribution in [2.45, 2.75) is 39.2 Å². The Kier molecular flexibility index (Phi) is 5.60. The summed E-state index contributed by atoms with van der Waals surface area (Å²) < 4.78 is 5.14. The number of hydrogen-bond acceptors (Lipinski definition) is 4. The summed E-state index contributed by atoms with van der Waals surface area (Å²) in [6.07, 6.45) is 0.844. The van der Waals surface area contributed by atoms with Crippen LogP contribution >= 0.6 is 0 Å². The molecule has 0 spiro atoms. The fraction of sp³-hybridized carbons (Fsp3) is 0.846. The van der Waals surface area contributed by atoms with Crippen molar-refractivity contribution < 1.29 is 19.4 Å². The molecule has 6 nitrogen and oxygen atoms in total. The van der Waals surface area contributed by atoms with Crippen molar-refractivity contribution in [2.24, 2.45) is 11.8 Å².